The smallest absolute Gasteiger partial charge is 0.244 e. The first-order chi connectivity index (χ1) is 13.5. The van der Waals surface area contributed by atoms with Crippen molar-refractivity contribution in [1.82, 2.24) is 19.4 Å². The molecule has 0 spiro atoms. The lowest BCUT2D eigenvalue weighted by Gasteiger charge is -2.10. The topological polar surface area (TPSA) is 67.2 Å². The van der Waals surface area contributed by atoms with E-state index in [1.165, 1.54) is 0 Å². The van der Waals surface area contributed by atoms with Crippen LogP contribution in [0.15, 0.2) is 71.8 Å². The second-order valence-electron chi connectivity index (χ2n) is 6.95. The van der Waals surface area contributed by atoms with Gasteiger partial charge in [-0.1, -0.05) is 60.7 Å². The molecule has 0 saturated carbocycles. The van der Waals surface area contributed by atoms with Crippen molar-refractivity contribution < 1.29 is 8.42 Å². The van der Waals surface area contributed by atoms with E-state index in [2.05, 4.69) is 9.82 Å². The SMILES string of the molecule is CN(C)CCCNS(=O)(=O)c1cn(Cc2ccccc2)nc1-c1ccccc1. The highest BCUT2D eigenvalue weighted by Gasteiger charge is 2.23. The first-order valence-electron chi connectivity index (χ1n) is 9.27. The van der Waals surface area contributed by atoms with Gasteiger partial charge in [0.1, 0.15) is 10.6 Å². The average Bonchev–Trinajstić information content (AvgIpc) is 3.11. The van der Waals surface area contributed by atoms with Crippen molar-refractivity contribution in [2.45, 2.75) is 17.9 Å². The van der Waals surface area contributed by atoms with Crippen LogP contribution in [0.25, 0.3) is 11.3 Å². The standard InChI is InChI=1S/C21H26N4O2S/c1-24(2)15-9-14-22-28(26,27)20-17-25(16-18-10-5-3-6-11-18)23-21(20)19-12-7-4-8-13-19/h3-8,10-13,17,22H,9,14-16H2,1-2H3. The summed E-state index contributed by atoms with van der Waals surface area (Å²) >= 11 is 0. The van der Waals surface area contributed by atoms with E-state index >= 15 is 0 Å². The Morgan fingerprint density at radius 1 is 1.00 bits per heavy atom. The molecule has 0 saturated heterocycles. The number of nitrogens with zero attached hydrogens (tertiary/aromatic N) is 3. The van der Waals surface area contributed by atoms with Gasteiger partial charge in [-0.05, 0) is 32.6 Å². The normalized spacial score (nSPS) is 11.8. The molecule has 3 rings (SSSR count). The molecule has 0 unspecified atom stereocenters. The highest BCUT2D eigenvalue weighted by molar-refractivity contribution is 7.89. The van der Waals surface area contributed by atoms with Gasteiger partial charge in [-0.2, -0.15) is 5.10 Å². The van der Waals surface area contributed by atoms with Gasteiger partial charge in [0.25, 0.3) is 0 Å². The van der Waals surface area contributed by atoms with Gasteiger partial charge >= 0.3 is 0 Å². The summed E-state index contributed by atoms with van der Waals surface area (Å²) in [5.74, 6) is 0. The van der Waals surface area contributed by atoms with Gasteiger partial charge < -0.3 is 4.90 Å². The third-order valence-corrected chi connectivity index (χ3v) is 5.79. The van der Waals surface area contributed by atoms with Crippen molar-refractivity contribution >= 4 is 10.0 Å². The molecular formula is C21H26N4O2S. The summed E-state index contributed by atoms with van der Waals surface area (Å²) in [6.07, 6.45) is 2.36. The van der Waals surface area contributed by atoms with Crippen LogP contribution in [0.2, 0.25) is 0 Å². The quantitative estimate of drug-likeness (QED) is 0.563. The van der Waals surface area contributed by atoms with E-state index < -0.39 is 10.0 Å². The second-order valence-corrected chi connectivity index (χ2v) is 8.68. The maximum absolute atomic E-state index is 13.0. The lowest BCUT2D eigenvalue weighted by atomic mass is 10.2. The zero-order valence-electron chi connectivity index (χ0n) is 16.2. The highest BCUT2D eigenvalue weighted by Crippen LogP contribution is 2.26. The minimum atomic E-state index is -3.66. The molecular weight excluding hydrogens is 372 g/mol. The number of rotatable bonds is 9. The summed E-state index contributed by atoms with van der Waals surface area (Å²) in [5.41, 5.74) is 2.31. The molecule has 1 heterocycles. The Kier molecular flexibility index (Phi) is 6.61. The molecule has 0 radical (unpaired) electrons. The third kappa shape index (κ3) is 5.28. The van der Waals surface area contributed by atoms with E-state index in [1.54, 1.807) is 10.9 Å². The molecule has 0 aliphatic rings. The molecule has 0 fully saturated rings. The zero-order chi connectivity index (χ0) is 20.0. The Bertz CT molecular complexity index is 984. The predicted molar refractivity (Wildman–Crippen MR) is 112 cm³/mol. The second kappa shape index (κ2) is 9.14. The first-order valence-corrected chi connectivity index (χ1v) is 10.8. The molecule has 2 aromatic carbocycles. The molecule has 0 aliphatic heterocycles. The number of hydrogen-bond acceptors (Lipinski definition) is 4. The largest absolute Gasteiger partial charge is 0.309 e. The fraction of sp³-hybridized carbons (Fsp3) is 0.286. The van der Waals surface area contributed by atoms with E-state index in [4.69, 9.17) is 0 Å². The Labute approximate surface area is 166 Å². The first kappa shape index (κ1) is 20.3. The summed E-state index contributed by atoms with van der Waals surface area (Å²) in [4.78, 5) is 2.24. The number of nitrogens with one attached hydrogen (secondary N) is 1. The van der Waals surface area contributed by atoms with E-state index in [0.29, 0.717) is 18.8 Å². The summed E-state index contributed by atoms with van der Waals surface area (Å²) in [5, 5.41) is 4.59. The van der Waals surface area contributed by atoms with E-state index in [-0.39, 0.29) is 4.90 Å². The van der Waals surface area contributed by atoms with Gasteiger partial charge in [-0.15, -0.1) is 0 Å². The van der Waals surface area contributed by atoms with Crippen molar-refractivity contribution in [1.29, 1.82) is 0 Å². The van der Waals surface area contributed by atoms with Gasteiger partial charge in [0.05, 0.1) is 6.54 Å². The summed E-state index contributed by atoms with van der Waals surface area (Å²) < 4.78 is 30.3. The minimum Gasteiger partial charge on any atom is -0.309 e. The lowest BCUT2D eigenvalue weighted by Crippen LogP contribution is -2.27. The minimum absolute atomic E-state index is 0.208. The Balaban J connectivity index is 1.89. The summed E-state index contributed by atoms with van der Waals surface area (Å²) in [6.45, 7) is 1.72. The molecule has 148 valence electrons. The summed E-state index contributed by atoms with van der Waals surface area (Å²) in [7, 11) is 0.275. The van der Waals surface area contributed by atoms with Gasteiger partial charge in [0.2, 0.25) is 10.0 Å². The van der Waals surface area contributed by atoms with Crippen LogP contribution in [0.3, 0.4) is 0 Å². The van der Waals surface area contributed by atoms with Crippen LogP contribution in [0.1, 0.15) is 12.0 Å². The van der Waals surface area contributed by atoms with E-state index in [1.807, 2.05) is 79.7 Å². The van der Waals surface area contributed by atoms with Crippen molar-refractivity contribution in [3.8, 4) is 11.3 Å². The van der Waals surface area contributed by atoms with Crippen LogP contribution < -0.4 is 4.72 Å². The average molecular weight is 399 g/mol. The zero-order valence-corrected chi connectivity index (χ0v) is 17.1. The van der Waals surface area contributed by atoms with Crippen LogP contribution in [0, 0.1) is 0 Å². The Hall–Kier alpha value is -2.48. The van der Waals surface area contributed by atoms with Crippen molar-refractivity contribution in [2.24, 2.45) is 0 Å². The molecule has 0 bridgehead atoms. The summed E-state index contributed by atoms with van der Waals surface area (Å²) in [6, 6.07) is 19.3. The number of hydrogen-bond donors (Lipinski definition) is 1. The molecule has 6 nitrogen and oxygen atoms in total. The molecule has 0 amide bonds. The molecule has 7 heteroatoms. The van der Waals surface area contributed by atoms with E-state index in [9.17, 15) is 8.42 Å². The van der Waals surface area contributed by atoms with Gasteiger partial charge in [0.15, 0.2) is 0 Å². The number of sulfonamides is 1. The predicted octanol–water partition coefficient (Wildman–Crippen LogP) is 2.83. The highest BCUT2D eigenvalue weighted by atomic mass is 32.2. The molecule has 1 aromatic heterocycles. The lowest BCUT2D eigenvalue weighted by molar-refractivity contribution is 0.400. The fourth-order valence-corrected chi connectivity index (χ4v) is 4.17. The maximum atomic E-state index is 13.0. The van der Waals surface area contributed by atoms with Crippen LogP contribution in [-0.2, 0) is 16.6 Å². The molecule has 28 heavy (non-hydrogen) atoms. The third-order valence-electron chi connectivity index (χ3n) is 4.33. The molecule has 0 aliphatic carbocycles. The van der Waals surface area contributed by atoms with Crippen molar-refractivity contribution in [3.63, 3.8) is 0 Å². The molecule has 3 aromatic rings. The van der Waals surface area contributed by atoms with Crippen LogP contribution in [-0.4, -0.2) is 50.3 Å². The Morgan fingerprint density at radius 3 is 2.29 bits per heavy atom. The van der Waals surface area contributed by atoms with Gasteiger partial charge in [-0.25, -0.2) is 13.1 Å². The molecule has 0 atom stereocenters. The van der Waals surface area contributed by atoms with Gasteiger partial charge in [0, 0.05) is 18.3 Å². The van der Waals surface area contributed by atoms with Crippen molar-refractivity contribution in [2.75, 3.05) is 27.2 Å². The monoisotopic (exact) mass is 398 g/mol. The number of aromatic nitrogens is 2. The fourth-order valence-electron chi connectivity index (χ4n) is 2.93. The van der Waals surface area contributed by atoms with Gasteiger partial charge in [-0.3, -0.25) is 4.68 Å². The van der Waals surface area contributed by atoms with Crippen LogP contribution >= 0.6 is 0 Å². The Morgan fingerprint density at radius 2 is 1.64 bits per heavy atom. The van der Waals surface area contributed by atoms with Crippen LogP contribution in [0.5, 0.6) is 0 Å². The van der Waals surface area contributed by atoms with Crippen molar-refractivity contribution in [3.05, 3.63) is 72.4 Å². The number of benzene rings is 2. The van der Waals surface area contributed by atoms with Crippen LogP contribution in [0.4, 0.5) is 0 Å². The van der Waals surface area contributed by atoms with E-state index in [0.717, 1.165) is 24.1 Å². The maximum Gasteiger partial charge on any atom is 0.244 e. The molecule has 1 N–H and O–H groups in total.